The molecular formula is C14H20O2. The Hall–Kier alpha value is -0.600. The Labute approximate surface area is 97.2 Å². The van der Waals surface area contributed by atoms with Crippen LogP contribution < -0.4 is 0 Å². The van der Waals surface area contributed by atoms with Crippen LogP contribution in [0, 0.1) is 5.92 Å². The van der Waals surface area contributed by atoms with E-state index in [9.17, 15) is 0 Å². The first-order valence-electron chi connectivity index (χ1n) is 6.45. The highest BCUT2D eigenvalue weighted by Crippen LogP contribution is 2.46. The highest BCUT2D eigenvalue weighted by atomic mass is 17.2. The standard InChI is InChI=1S/C14H20O2/c1-9(2)8-10-4-3-5-11(10)14-12-6-7-13(14)16-15-12/h10,12-13H,1,3-8H2,2H3/t10?,12-,13+. The van der Waals surface area contributed by atoms with Crippen molar-refractivity contribution in [2.24, 2.45) is 5.92 Å². The van der Waals surface area contributed by atoms with Gasteiger partial charge < -0.3 is 0 Å². The van der Waals surface area contributed by atoms with Crippen LogP contribution in [0.1, 0.15) is 45.4 Å². The maximum Gasteiger partial charge on any atom is 0.117 e. The van der Waals surface area contributed by atoms with Crippen LogP contribution in [-0.4, -0.2) is 12.2 Å². The molecule has 2 saturated carbocycles. The van der Waals surface area contributed by atoms with Crippen LogP contribution in [0.25, 0.3) is 0 Å². The van der Waals surface area contributed by atoms with E-state index in [1.54, 1.807) is 5.57 Å². The summed E-state index contributed by atoms with van der Waals surface area (Å²) in [6.45, 7) is 6.18. The lowest BCUT2D eigenvalue weighted by molar-refractivity contribution is -0.315. The molecule has 3 fully saturated rings. The first-order valence-corrected chi connectivity index (χ1v) is 6.45. The molecule has 0 spiro atoms. The Kier molecular flexibility index (Phi) is 2.64. The SMILES string of the molecule is C=C(C)CC1CCCC1=C1[C@@H]2CC[C@H]1OO2. The lowest BCUT2D eigenvalue weighted by atomic mass is 9.90. The summed E-state index contributed by atoms with van der Waals surface area (Å²) in [5.41, 5.74) is 4.45. The van der Waals surface area contributed by atoms with Gasteiger partial charge in [0.2, 0.25) is 0 Å². The molecule has 2 nitrogen and oxygen atoms in total. The molecule has 1 unspecified atom stereocenters. The molecule has 2 bridgehead atoms. The fourth-order valence-corrected chi connectivity index (χ4v) is 3.51. The summed E-state index contributed by atoms with van der Waals surface area (Å²) in [4.78, 5) is 10.7. The van der Waals surface area contributed by atoms with E-state index in [0.717, 1.165) is 25.2 Å². The van der Waals surface area contributed by atoms with Gasteiger partial charge >= 0.3 is 0 Å². The highest BCUT2D eigenvalue weighted by Gasteiger charge is 2.43. The molecule has 3 aliphatic rings. The molecule has 88 valence electrons. The van der Waals surface area contributed by atoms with Gasteiger partial charge in [-0.1, -0.05) is 11.1 Å². The third-order valence-electron chi connectivity index (χ3n) is 4.13. The van der Waals surface area contributed by atoms with E-state index < -0.39 is 0 Å². The Bertz CT molecular complexity index is 321. The van der Waals surface area contributed by atoms with Crippen LogP contribution in [0.5, 0.6) is 0 Å². The zero-order valence-electron chi connectivity index (χ0n) is 10.00. The van der Waals surface area contributed by atoms with Crippen LogP contribution in [0.3, 0.4) is 0 Å². The van der Waals surface area contributed by atoms with E-state index in [2.05, 4.69) is 13.5 Å². The number of rotatable bonds is 2. The summed E-state index contributed by atoms with van der Waals surface area (Å²) < 4.78 is 0. The minimum absolute atomic E-state index is 0.283. The molecule has 1 saturated heterocycles. The first kappa shape index (κ1) is 10.5. The minimum Gasteiger partial charge on any atom is -0.228 e. The van der Waals surface area contributed by atoms with Crippen LogP contribution in [0.15, 0.2) is 23.3 Å². The third-order valence-corrected chi connectivity index (χ3v) is 4.13. The van der Waals surface area contributed by atoms with Crippen LogP contribution in [-0.2, 0) is 9.78 Å². The lowest BCUT2D eigenvalue weighted by Gasteiger charge is -2.15. The van der Waals surface area contributed by atoms with E-state index in [4.69, 9.17) is 9.78 Å². The molecule has 0 aromatic heterocycles. The molecule has 0 aromatic rings. The second-order valence-corrected chi connectivity index (χ2v) is 5.48. The Morgan fingerprint density at radius 2 is 1.94 bits per heavy atom. The van der Waals surface area contributed by atoms with Gasteiger partial charge in [0.25, 0.3) is 0 Å². The average Bonchev–Trinajstić information content (AvgIpc) is 2.90. The Morgan fingerprint density at radius 3 is 2.50 bits per heavy atom. The largest absolute Gasteiger partial charge is 0.228 e. The highest BCUT2D eigenvalue weighted by molar-refractivity contribution is 5.32. The molecule has 0 amide bonds. The summed E-state index contributed by atoms with van der Waals surface area (Å²) in [5.74, 6) is 0.723. The van der Waals surface area contributed by atoms with Crippen molar-refractivity contribution in [2.45, 2.75) is 57.7 Å². The second-order valence-electron chi connectivity index (χ2n) is 5.48. The van der Waals surface area contributed by atoms with E-state index in [1.165, 1.54) is 30.4 Å². The maximum absolute atomic E-state index is 5.35. The Balaban J connectivity index is 1.87. The molecule has 3 atom stereocenters. The second kappa shape index (κ2) is 4.01. The van der Waals surface area contributed by atoms with Gasteiger partial charge in [-0.3, -0.25) is 0 Å². The lowest BCUT2D eigenvalue weighted by Crippen LogP contribution is -2.08. The van der Waals surface area contributed by atoms with Crippen molar-refractivity contribution in [3.8, 4) is 0 Å². The molecule has 2 heteroatoms. The average molecular weight is 220 g/mol. The first-order chi connectivity index (χ1) is 7.75. The summed E-state index contributed by atoms with van der Waals surface area (Å²) in [6, 6.07) is 0. The van der Waals surface area contributed by atoms with Gasteiger partial charge in [0.1, 0.15) is 12.2 Å². The molecule has 1 heterocycles. The van der Waals surface area contributed by atoms with E-state index >= 15 is 0 Å². The zero-order chi connectivity index (χ0) is 11.1. The van der Waals surface area contributed by atoms with Crippen molar-refractivity contribution in [1.82, 2.24) is 0 Å². The number of hydrogen-bond donors (Lipinski definition) is 0. The van der Waals surface area contributed by atoms with Crippen LogP contribution in [0.2, 0.25) is 0 Å². The van der Waals surface area contributed by atoms with Gasteiger partial charge in [-0.05, 0) is 56.9 Å². The van der Waals surface area contributed by atoms with Gasteiger partial charge in [0, 0.05) is 0 Å². The fourth-order valence-electron chi connectivity index (χ4n) is 3.51. The number of fused-ring (bicyclic) bond motifs is 2. The molecule has 0 radical (unpaired) electrons. The minimum atomic E-state index is 0.283. The monoisotopic (exact) mass is 220 g/mol. The topological polar surface area (TPSA) is 18.5 Å². The summed E-state index contributed by atoms with van der Waals surface area (Å²) >= 11 is 0. The zero-order valence-corrected chi connectivity index (χ0v) is 10.00. The molecule has 0 aromatic carbocycles. The number of allylic oxidation sites excluding steroid dienone is 2. The molecule has 3 rings (SSSR count). The van der Waals surface area contributed by atoms with Crippen molar-refractivity contribution in [3.63, 3.8) is 0 Å². The van der Waals surface area contributed by atoms with Crippen LogP contribution >= 0.6 is 0 Å². The smallest absolute Gasteiger partial charge is 0.117 e. The predicted octanol–water partition coefficient (Wildman–Crippen LogP) is 3.54. The third kappa shape index (κ3) is 1.64. The van der Waals surface area contributed by atoms with Gasteiger partial charge in [-0.2, -0.15) is 0 Å². The molecule has 0 N–H and O–H groups in total. The molecule has 2 aliphatic carbocycles. The fraction of sp³-hybridized carbons (Fsp3) is 0.714. The summed E-state index contributed by atoms with van der Waals surface area (Å²) in [7, 11) is 0. The van der Waals surface area contributed by atoms with Gasteiger partial charge in [-0.15, -0.1) is 6.58 Å². The normalized spacial score (nSPS) is 41.9. The van der Waals surface area contributed by atoms with Gasteiger partial charge in [0.15, 0.2) is 0 Å². The predicted molar refractivity (Wildman–Crippen MR) is 62.8 cm³/mol. The van der Waals surface area contributed by atoms with Crippen molar-refractivity contribution in [2.75, 3.05) is 0 Å². The van der Waals surface area contributed by atoms with Crippen molar-refractivity contribution >= 4 is 0 Å². The van der Waals surface area contributed by atoms with Crippen LogP contribution in [0.4, 0.5) is 0 Å². The van der Waals surface area contributed by atoms with E-state index in [1.807, 2.05) is 0 Å². The molecule has 16 heavy (non-hydrogen) atoms. The molecular weight excluding hydrogens is 200 g/mol. The van der Waals surface area contributed by atoms with Crippen molar-refractivity contribution < 1.29 is 9.78 Å². The van der Waals surface area contributed by atoms with Gasteiger partial charge in [-0.25, -0.2) is 9.78 Å². The maximum atomic E-state index is 5.35. The van der Waals surface area contributed by atoms with Crippen molar-refractivity contribution in [3.05, 3.63) is 23.3 Å². The Morgan fingerprint density at radius 1 is 1.25 bits per heavy atom. The summed E-state index contributed by atoms with van der Waals surface area (Å²) in [6.07, 6.45) is 7.94. The van der Waals surface area contributed by atoms with E-state index in [-0.39, 0.29) is 12.2 Å². The molecule has 1 aliphatic heterocycles. The van der Waals surface area contributed by atoms with Crippen molar-refractivity contribution in [1.29, 1.82) is 0 Å². The quantitative estimate of drug-likeness (QED) is 0.523. The van der Waals surface area contributed by atoms with Gasteiger partial charge in [0.05, 0.1) is 0 Å². The number of hydrogen-bond acceptors (Lipinski definition) is 2. The van der Waals surface area contributed by atoms with E-state index in [0.29, 0.717) is 0 Å². The summed E-state index contributed by atoms with van der Waals surface area (Å²) in [5, 5.41) is 0.